The van der Waals surface area contributed by atoms with Crippen molar-refractivity contribution in [2.75, 3.05) is 19.5 Å². The number of hydrogen-bond acceptors (Lipinski definition) is 6. The molecule has 0 unspecified atom stereocenters. The predicted octanol–water partition coefficient (Wildman–Crippen LogP) is 5.57. The van der Waals surface area contributed by atoms with Gasteiger partial charge in [0.05, 0.1) is 24.8 Å². The molecule has 3 aromatic carbocycles. The van der Waals surface area contributed by atoms with E-state index in [9.17, 15) is 4.79 Å². The second kappa shape index (κ2) is 11.5. The van der Waals surface area contributed by atoms with Crippen molar-refractivity contribution in [1.29, 1.82) is 0 Å². The summed E-state index contributed by atoms with van der Waals surface area (Å²) in [6.45, 7) is 2.73. The van der Waals surface area contributed by atoms with Gasteiger partial charge in [0.1, 0.15) is 11.5 Å². The first-order valence-corrected chi connectivity index (χ1v) is 12.1. The summed E-state index contributed by atoms with van der Waals surface area (Å²) in [5.74, 6) is 2.80. The quantitative estimate of drug-likeness (QED) is 0.161. The molecule has 0 aliphatic rings. The Morgan fingerprint density at radius 3 is 2.38 bits per heavy atom. The van der Waals surface area contributed by atoms with E-state index >= 15 is 0 Å². The van der Waals surface area contributed by atoms with Crippen molar-refractivity contribution in [2.45, 2.75) is 25.0 Å². The largest absolute Gasteiger partial charge is 0.496 e. The molecule has 0 N–H and O–H groups in total. The maximum Gasteiger partial charge on any atom is 0.191 e. The summed E-state index contributed by atoms with van der Waals surface area (Å²) in [4.78, 5) is 11.8. The molecule has 34 heavy (non-hydrogen) atoms. The Morgan fingerprint density at radius 1 is 0.912 bits per heavy atom. The first-order valence-electron chi connectivity index (χ1n) is 11.1. The first kappa shape index (κ1) is 23.6. The fraction of sp³-hybridized carbons (Fsp3) is 0.222. The van der Waals surface area contributed by atoms with E-state index in [1.165, 1.54) is 5.56 Å². The first-order chi connectivity index (χ1) is 16.7. The minimum absolute atomic E-state index is 0.00893. The molecule has 174 valence electrons. The van der Waals surface area contributed by atoms with Gasteiger partial charge in [-0.3, -0.25) is 4.79 Å². The van der Waals surface area contributed by atoms with Gasteiger partial charge in [-0.05, 0) is 43.2 Å². The van der Waals surface area contributed by atoms with E-state index in [4.69, 9.17) is 9.47 Å². The summed E-state index contributed by atoms with van der Waals surface area (Å²) in [7, 11) is 1.66. The number of carbonyl (C=O) groups excluding carboxylic acids is 1. The lowest BCUT2D eigenvalue weighted by Crippen LogP contribution is -2.08. The average molecular weight is 474 g/mol. The number of carbonyl (C=O) groups is 1. The average Bonchev–Trinajstić information content (AvgIpc) is 3.28. The Labute approximate surface area is 203 Å². The standard InChI is InChI=1S/C27H27N3O3S/c1-20(31)22-12-6-9-15-25(22)33-18-19-34-27-29-28-26(23-13-7-8-14-24(23)32-2)30(27)17-16-21-10-4-3-5-11-21/h3-15H,16-19H2,1-2H3. The number of methoxy groups -OCH3 is 1. The molecule has 0 saturated carbocycles. The molecular formula is C27H27N3O3S. The Kier molecular flexibility index (Phi) is 7.99. The van der Waals surface area contributed by atoms with Gasteiger partial charge in [0, 0.05) is 12.3 Å². The van der Waals surface area contributed by atoms with Crippen LogP contribution in [0, 0.1) is 0 Å². The fourth-order valence-corrected chi connectivity index (χ4v) is 4.46. The zero-order chi connectivity index (χ0) is 23.8. The lowest BCUT2D eigenvalue weighted by atomic mass is 10.1. The zero-order valence-corrected chi connectivity index (χ0v) is 20.1. The monoisotopic (exact) mass is 473 g/mol. The van der Waals surface area contributed by atoms with E-state index in [0.29, 0.717) is 23.7 Å². The van der Waals surface area contributed by atoms with Gasteiger partial charge in [0.25, 0.3) is 0 Å². The van der Waals surface area contributed by atoms with Crippen LogP contribution in [0.5, 0.6) is 11.5 Å². The molecule has 0 bridgehead atoms. The maximum absolute atomic E-state index is 11.8. The zero-order valence-electron chi connectivity index (χ0n) is 19.3. The summed E-state index contributed by atoms with van der Waals surface area (Å²) in [5, 5.41) is 9.81. The molecule has 0 amide bonds. The number of benzene rings is 3. The molecule has 0 spiro atoms. The molecule has 1 aromatic heterocycles. The normalized spacial score (nSPS) is 10.8. The molecule has 0 aliphatic carbocycles. The van der Waals surface area contributed by atoms with Crippen LogP contribution in [0.15, 0.2) is 84.0 Å². The maximum atomic E-state index is 11.8. The van der Waals surface area contributed by atoms with Crippen LogP contribution < -0.4 is 9.47 Å². The molecule has 0 radical (unpaired) electrons. The number of Topliss-reactive ketones (excluding diaryl/α,β-unsaturated/α-hetero) is 1. The van der Waals surface area contributed by atoms with E-state index < -0.39 is 0 Å². The van der Waals surface area contributed by atoms with Crippen molar-refractivity contribution in [3.05, 3.63) is 90.0 Å². The van der Waals surface area contributed by atoms with Crippen molar-refractivity contribution in [3.63, 3.8) is 0 Å². The highest BCUT2D eigenvalue weighted by molar-refractivity contribution is 7.99. The number of para-hydroxylation sites is 2. The number of nitrogens with zero attached hydrogens (tertiary/aromatic N) is 3. The smallest absolute Gasteiger partial charge is 0.191 e. The van der Waals surface area contributed by atoms with Crippen molar-refractivity contribution in [1.82, 2.24) is 14.8 Å². The van der Waals surface area contributed by atoms with E-state index in [2.05, 4.69) is 39.0 Å². The molecule has 0 fully saturated rings. The molecule has 1 heterocycles. The highest BCUT2D eigenvalue weighted by Gasteiger charge is 2.17. The minimum atomic E-state index is -0.00893. The molecule has 0 aliphatic heterocycles. The number of hydrogen-bond donors (Lipinski definition) is 0. The molecule has 0 saturated heterocycles. The number of ether oxygens (including phenoxy) is 2. The van der Waals surface area contributed by atoms with Crippen LogP contribution in [-0.4, -0.2) is 40.0 Å². The van der Waals surface area contributed by atoms with Crippen molar-refractivity contribution in [2.24, 2.45) is 0 Å². The predicted molar refractivity (Wildman–Crippen MR) is 135 cm³/mol. The van der Waals surface area contributed by atoms with Gasteiger partial charge in [0.15, 0.2) is 16.8 Å². The molecule has 4 aromatic rings. The van der Waals surface area contributed by atoms with Crippen LogP contribution in [0.1, 0.15) is 22.8 Å². The van der Waals surface area contributed by atoms with Crippen molar-refractivity contribution < 1.29 is 14.3 Å². The number of thioether (sulfide) groups is 1. The minimum Gasteiger partial charge on any atom is -0.496 e. The van der Waals surface area contributed by atoms with Gasteiger partial charge in [-0.2, -0.15) is 0 Å². The number of ketones is 1. The van der Waals surface area contributed by atoms with Gasteiger partial charge in [-0.1, -0.05) is 66.4 Å². The van der Waals surface area contributed by atoms with Crippen molar-refractivity contribution >= 4 is 17.5 Å². The lowest BCUT2D eigenvalue weighted by molar-refractivity contribution is 0.101. The summed E-state index contributed by atoms with van der Waals surface area (Å²) >= 11 is 1.58. The lowest BCUT2D eigenvalue weighted by Gasteiger charge is -2.13. The van der Waals surface area contributed by atoms with Gasteiger partial charge < -0.3 is 14.0 Å². The number of aryl methyl sites for hydroxylation is 1. The Morgan fingerprint density at radius 2 is 1.62 bits per heavy atom. The highest BCUT2D eigenvalue weighted by Crippen LogP contribution is 2.31. The topological polar surface area (TPSA) is 66.2 Å². The summed E-state index contributed by atoms with van der Waals surface area (Å²) < 4.78 is 13.6. The second-order valence-corrected chi connectivity index (χ2v) is 8.71. The highest BCUT2D eigenvalue weighted by atomic mass is 32.2. The molecular weight excluding hydrogens is 446 g/mol. The van der Waals surface area contributed by atoms with Crippen LogP contribution in [0.25, 0.3) is 11.4 Å². The van der Waals surface area contributed by atoms with E-state index in [-0.39, 0.29) is 5.78 Å². The van der Waals surface area contributed by atoms with Gasteiger partial charge >= 0.3 is 0 Å². The van der Waals surface area contributed by atoms with Gasteiger partial charge in [-0.25, -0.2) is 0 Å². The van der Waals surface area contributed by atoms with E-state index in [1.807, 2.05) is 48.5 Å². The molecule has 4 rings (SSSR count). The van der Waals surface area contributed by atoms with Crippen LogP contribution in [0.3, 0.4) is 0 Å². The number of rotatable bonds is 11. The summed E-state index contributed by atoms with van der Waals surface area (Å²) in [6.07, 6.45) is 0.858. The Hall–Kier alpha value is -3.58. The van der Waals surface area contributed by atoms with Crippen LogP contribution in [0.4, 0.5) is 0 Å². The fourth-order valence-electron chi connectivity index (χ4n) is 3.68. The van der Waals surface area contributed by atoms with Crippen LogP contribution in [-0.2, 0) is 13.0 Å². The SMILES string of the molecule is COc1ccccc1-c1nnc(SCCOc2ccccc2C(C)=O)n1CCc1ccccc1. The summed E-state index contributed by atoms with van der Waals surface area (Å²) in [6, 6.07) is 25.5. The van der Waals surface area contributed by atoms with E-state index in [0.717, 1.165) is 35.3 Å². The third-order valence-electron chi connectivity index (χ3n) is 5.37. The Balaban J connectivity index is 1.51. The van der Waals surface area contributed by atoms with Gasteiger partial charge in [0.2, 0.25) is 0 Å². The van der Waals surface area contributed by atoms with Crippen molar-refractivity contribution in [3.8, 4) is 22.9 Å². The molecule has 7 heteroatoms. The van der Waals surface area contributed by atoms with Crippen LogP contribution >= 0.6 is 11.8 Å². The third kappa shape index (κ3) is 5.66. The van der Waals surface area contributed by atoms with E-state index in [1.54, 1.807) is 31.9 Å². The third-order valence-corrected chi connectivity index (χ3v) is 6.30. The molecule has 0 atom stereocenters. The van der Waals surface area contributed by atoms with Crippen LogP contribution in [0.2, 0.25) is 0 Å². The second-order valence-electron chi connectivity index (χ2n) is 7.64. The summed E-state index contributed by atoms with van der Waals surface area (Å²) in [5.41, 5.74) is 2.75. The number of aromatic nitrogens is 3. The molecule has 6 nitrogen and oxygen atoms in total. The Bertz CT molecular complexity index is 1240. The van der Waals surface area contributed by atoms with Gasteiger partial charge in [-0.15, -0.1) is 10.2 Å².